The van der Waals surface area contributed by atoms with Crippen LogP contribution in [0.25, 0.3) is 0 Å². The molecule has 0 radical (unpaired) electrons. The van der Waals surface area contributed by atoms with E-state index in [0.29, 0.717) is 19.3 Å². The number of unbranched alkanes of at least 4 members (excludes halogenated alkanes) is 30. The Labute approximate surface area is 430 Å². The summed E-state index contributed by atoms with van der Waals surface area (Å²) in [4.78, 5) is 51.8. The third kappa shape index (κ3) is 49.9. The minimum Gasteiger partial charge on any atom is -0.371 e. The quantitative estimate of drug-likeness (QED) is 0.0446. The maximum absolute atomic E-state index is 13.4. The van der Waals surface area contributed by atoms with Crippen molar-refractivity contribution in [1.29, 1.82) is 0 Å². The second-order valence-corrected chi connectivity index (χ2v) is 22.5. The van der Waals surface area contributed by atoms with Crippen LogP contribution in [0.3, 0.4) is 0 Å². The second-order valence-electron chi connectivity index (χ2n) is 22.5. The van der Waals surface area contributed by atoms with Crippen molar-refractivity contribution in [2.24, 2.45) is 17.8 Å². The van der Waals surface area contributed by atoms with Gasteiger partial charge in [-0.15, -0.1) is 0 Å². The van der Waals surface area contributed by atoms with Crippen LogP contribution in [-0.4, -0.2) is 49.1 Å². The molecule has 0 heterocycles. The van der Waals surface area contributed by atoms with Gasteiger partial charge in [0.15, 0.2) is 17.3 Å². The predicted octanol–water partition coefficient (Wildman–Crippen LogP) is 19.6. The van der Waals surface area contributed by atoms with E-state index in [1.54, 1.807) is 0 Å². The lowest BCUT2D eigenvalue weighted by Gasteiger charge is -2.16. The van der Waals surface area contributed by atoms with Crippen LogP contribution in [0.15, 0.2) is 0 Å². The molecule has 0 fully saturated rings. The number of hydrogen-bond donors (Lipinski definition) is 0. The summed E-state index contributed by atoms with van der Waals surface area (Å²) >= 11 is 0. The first-order chi connectivity index (χ1) is 33.6. The van der Waals surface area contributed by atoms with Crippen LogP contribution in [0.5, 0.6) is 0 Å². The van der Waals surface area contributed by atoms with Crippen LogP contribution < -0.4 is 0 Å². The van der Waals surface area contributed by atoms with E-state index in [9.17, 15) is 19.2 Å². The molecule has 0 aliphatic rings. The molecule has 0 aromatic carbocycles. The maximum Gasteiger partial charge on any atom is 0.171 e. The zero-order valence-electron chi connectivity index (χ0n) is 47.4. The fourth-order valence-electron chi connectivity index (χ4n) is 10.1. The third-order valence-corrected chi connectivity index (χ3v) is 15.1. The van der Waals surface area contributed by atoms with Crippen molar-refractivity contribution in [3.05, 3.63) is 0 Å². The number of rotatable bonds is 58. The van der Waals surface area contributed by atoms with Crippen molar-refractivity contribution in [3.8, 4) is 0 Å². The number of carbonyl (C=O) groups excluding carboxylic acids is 4. The molecule has 0 aliphatic carbocycles. The average molecular weight is 974 g/mol. The van der Waals surface area contributed by atoms with Crippen molar-refractivity contribution in [3.63, 3.8) is 0 Å². The SMILES string of the molecule is CCCCCCC(C)CCCCCCCCCCC(=O)COCC(OCC(=O)CCCCCCCCCCC(C)CCCCCC)C(=O)CC(=O)CCCCCCCCCCC(C)CCCCCC. The predicted molar refractivity (Wildman–Crippen MR) is 297 cm³/mol. The van der Waals surface area contributed by atoms with Gasteiger partial charge in [-0.2, -0.15) is 0 Å². The van der Waals surface area contributed by atoms with Crippen LogP contribution in [0, 0.1) is 17.8 Å². The molecule has 0 bridgehead atoms. The molecule has 0 saturated carbocycles. The molecule has 0 amide bonds. The normalized spacial score (nSPS) is 13.4. The molecule has 0 aliphatic heterocycles. The van der Waals surface area contributed by atoms with Gasteiger partial charge in [0.05, 0.1) is 13.0 Å². The lowest BCUT2D eigenvalue weighted by atomic mass is 9.96. The Balaban J connectivity index is 4.50. The Kier molecular flexibility index (Phi) is 51.8. The summed E-state index contributed by atoms with van der Waals surface area (Å²) in [6.07, 6.45) is 53.1. The molecule has 0 rings (SSSR count). The molecule has 6 heteroatoms. The molecule has 4 unspecified atom stereocenters. The molecule has 408 valence electrons. The molecule has 0 aromatic heterocycles. The molecule has 0 saturated heterocycles. The Hall–Kier alpha value is -1.40. The van der Waals surface area contributed by atoms with Gasteiger partial charge in [0.25, 0.3) is 0 Å². The van der Waals surface area contributed by atoms with Crippen molar-refractivity contribution >= 4 is 23.1 Å². The molecule has 4 atom stereocenters. The second kappa shape index (κ2) is 52.9. The zero-order chi connectivity index (χ0) is 50.7. The van der Waals surface area contributed by atoms with E-state index in [1.165, 1.54) is 212 Å². The highest BCUT2D eigenvalue weighted by atomic mass is 16.5. The van der Waals surface area contributed by atoms with E-state index in [1.807, 2.05) is 0 Å². The molecular weight excluding hydrogens is 853 g/mol. The Morgan fingerprint density at radius 1 is 0.319 bits per heavy atom. The monoisotopic (exact) mass is 973 g/mol. The van der Waals surface area contributed by atoms with Crippen molar-refractivity contribution < 1.29 is 28.7 Å². The molecule has 0 spiro atoms. The number of Topliss-reactive ketones (excluding diaryl/α,β-unsaturated/α-hetero) is 4. The lowest BCUT2D eigenvalue weighted by molar-refractivity contribution is -0.143. The lowest BCUT2D eigenvalue weighted by Crippen LogP contribution is -2.33. The average Bonchev–Trinajstić information content (AvgIpc) is 3.33. The van der Waals surface area contributed by atoms with Crippen LogP contribution in [0.4, 0.5) is 0 Å². The van der Waals surface area contributed by atoms with Crippen LogP contribution in [0.1, 0.15) is 337 Å². The fraction of sp³-hybridized carbons (Fsp3) is 0.937. The molecule has 6 nitrogen and oxygen atoms in total. The fourth-order valence-corrected chi connectivity index (χ4v) is 10.1. The third-order valence-electron chi connectivity index (χ3n) is 15.1. The van der Waals surface area contributed by atoms with E-state index in [4.69, 9.17) is 9.47 Å². The summed E-state index contributed by atoms with van der Waals surface area (Å²) in [5, 5.41) is 0. The summed E-state index contributed by atoms with van der Waals surface area (Å²) < 4.78 is 11.6. The summed E-state index contributed by atoms with van der Waals surface area (Å²) in [5.74, 6) is 2.17. The van der Waals surface area contributed by atoms with Gasteiger partial charge in [0.1, 0.15) is 25.1 Å². The highest BCUT2D eigenvalue weighted by Gasteiger charge is 2.24. The first kappa shape index (κ1) is 67.6. The number of carbonyl (C=O) groups is 4. The largest absolute Gasteiger partial charge is 0.371 e. The van der Waals surface area contributed by atoms with E-state index >= 15 is 0 Å². The Bertz CT molecular complexity index is 1130. The maximum atomic E-state index is 13.4. The van der Waals surface area contributed by atoms with Gasteiger partial charge in [-0.3, -0.25) is 19.2 Å². The van der Waals surface area contributed by atoms with Gasteiger partial charge in [-0.1, -0.05) is 292 Å². The van der Waals surface area contributed by atoms with E-state index < -0.39 is 6.10 Å². The summed E-state index contributed by atoms with van der Waals surface area (Å²) in [7, 11) is 0. The van der Waals surface area contributed by atoms with Crippen LogP contribution in [0.2, 0.25) is 0 Å². The van der Waals surface area contributed by atoms with Crippen LogP contribution >= 0.6 is 0 Å². The van der Waals surface area contributed by atoms with E-state index in [0.717, 1.165) is 75.5 Å². The topological polar surface area (TPSA) is 86.7 Å². The minimum absolute atomic E-state index is 0.0193. The van der Waals surface area contributed by atoms with Crippen molar-refractivity contribution in [1.82, 2.24) is 0 Å². The van der Waals surface area contributed by atoms with E-state index in [-0.39, 0.29) is 49.4 Å². The number of ether oxygens (including phenoxy) is 2. The van der Waals surface area contributed by atoms with Gasteiger partial charge in [0.2, 0.25) is 0 Å². The highest BCUT2D eigenvalue weighted by molar-refractivity contribution is 6.01. The smallest absolute Gasteiger partial charge is 0.171 e. The summed E-state index contributed by atoms with van der Waals surface area (Å²) in [6, 6.07) is 0. The van der Waals surface area contributed by atoms with Gasteiger partial charge in [-0.25, -0.2) is 0 Å². The molecular formula is C63H120O6. The molecule has 0 N–H and O–H groups in total. The van der Waals surface area contributed by atoms with Crippen molar-refractivity contribution in [2.45, 2.75) is 343 Å². The van der Waals surface area contributed by atoms with Crippen LogP contribution in [-0.2, 0) is 28.7 Å². The van der Waals surface area contributed by atoms with Gasteiger partial charge in [0, 0.05) is 19.3 Å². The summed E-state index contributed by atoms with van der Waals surface area (Å²) in [6.45, 7) is 13.8. The Morgan fingerprint density at radius 3 is 0.899 bits per heavy atom. The van der Waals surface area contributed by atoms with Gasteiger partial charge >= 0.3 is 0 Å². The first-order valence-electron chi connectivity index (χ1n) is 30.9. The molecule has 0 aromatic rings. The van der Waals surface area contributed by atoms with Gasteiger partial charge < -0.3 is 9.47 Å². The standard InChI is InChI=1S/C63H120O6/c1-7-10-13-34-43-56(4)46-37-28-22-16-19-25-31-40-49-59(64)52-62(67)63(69-54-61(66)51-42-33-27-21-18-24-30-39-48-58(6)45-36-15-12-9-3)55-68-53-60(65)50-41-32-26-20-17-23-29-38-47-57(5)44-35-14-11-8-2/h56-58,63H,7-55H2,1-6H3. The summed E-state index contributed by atoms with van der Waals surface area (Å²) in [5.41, 5.74) is 0. The molecule has 69 heavy (non-hydrogen) atoms. The number of hydrogen-bond acceptors (Lipinski definition) is 6. The van der Waals surface area contributed by atoms with Gasteiger partial charge in [-0.05, 0) is 37.0 Å². The highest BCUT2D eigenvalue weighted by Crippen LogP contribution is 2.22. The minimum atomic E-state index is -1.01. The number of ketones is 4. The zero-order valence-corrected chi connectivity index (χ0v) is 47.4. The Morgan fingerprint density at radius 2 is 0.580 bits per heavy atom. The van der Waals surface area contributed by atoms with Crippen molar-refractivity contribution in [2.75, 3.05) is 19.8 Å². The first-order valence-corrected chi connectivity index (χ1v) is 30.9. The van der Waals surface area contributed by atoms with E-state index in [2.05, 4.69) is 41.5 Å².